The number of pyridine rings is 1. The van der Waals surface area contributed by atoms with Crippen LogP contribution in [-0.2, 0) is 6.61 Å². The van der Waals surface area contributed by atoms with E-state index in [9.17, 15) is 5.11 Å². The summed E-state index contributed by atoms with van der Waals surface area (Å²) in [6, 6.07) is 27.5. The fourth-order valence-electron chi connectivity index (χ4n) is 2.95. The maximum Gasteiger partial charge on any atom is 0.225 e. The summed E-state index contributed by atoms with van der Waals surface area (Å²) in [6.07, 6.45) is 0. The lowest BCUT2D eigenvalue weighted by atomic mass is 10.0. The molecule has 3 nitrogen and oxygen atoms in total. The molecule has 1 N–H and O–H groups in total. The highest BCUT2D eigenvalue weighted by Gasteiger charge is 2.16. The van der Waals surface area contributed by atoms with Gasteiger partial charge in [-0.3, -0.25) is 0 Å². The van der Waals surface area contributed by atoms with E-state index in [0.717, 1.165) is 22.0 Å². The van der Waals surface area contributed by atoms with Gasteiger partial charge in [0.2, 0.25) is 5.88 Å². The van der Waals surface area contributed by atoms with Gasteiger partial charge in [-0.15, -0.1) is 0 Å². The van der Waals surface area contributed by atoms with Crippen molar-refractivity contribution in [2.75, 3.05) is 0 Å². The van der Waals surface area contributed by atoms with Crippen molar-refractivity contribution in [3.05, 3.63) is 90.5 Å². The van der Waals surface area contributed by atoms with Gasteiger partial charge in [-0.05, 0) is 17.5 Å². The van der Waals surface area contributed by atoms with Gasteiger partial charge in [-0.25, -0.2) is 4.98 Å². The first-order valence-electron chi connectivity index (χ1n) is 8.17. The summed E-state index contributed by atoms with van der Waals surface area (Å²) in [4.78, 5) is 4.75. The number of fused-ring (bicyclic) bond motifs is 1. The molecule has 25 heavy (non-hydrogen) atoms. The predicted molar refractivity (Wildman–Crippen MR) is 99.6 cm³/mol. The molecule has 0 unspecified atom stereocenters. The SMILES string of the molecule is OCc1c(Oc2ccccc2)nc(-c2ccccc2)c2ccccc12. The largest absolute Gasteiger partial charge is 0.439 e. The van der Waals surface area contributed by atoms with Gasteiger partial charge in [0, 0.05) is 16.5 Å². The molecule has 0 atom stereocenters. The second-order valence-corrected chi connectivity index (χ2v) is 5.73. The Hall–Kier alpha value is -3.17. The van der Waals surface area contributed by atoms with Crippen molar-refractivity contribution in [2.24, 2.45) is 0 Å². The van der Waals surface area contributed by atoms with E-state index in [-0.39, 0.29) is 6.61 Å². The van der Waals surface area contributed by atoms with Crippen molar-refractivity contribution in [3.63, 3.8) is 0 Å². The van der Waals surface area contributed by atoms with Gasteiger partial charge in [-0.1, -0.05) is 72.8 Å². The summed E-state index contributed by atoms with van der Waals surface area (Å²) in [5.74, 6) is 1.13. The number of aromatic nitrogens is 1. The minimum Gasteiger partial charge on any atom is -0.439 e. The summed E-state index contributed by atoms with van der Waals surface area (Å²) in [7, 11) is 0. The van der Waals surface area contributed by atoms with Gasteiger partial charge >= 0.3 is 0 Å². The Balaban J connectivity index is 1.96. The Kier molecular flexibility index (Phi) is 4.15. The van der Waals surface area contributed by atoms with Crippen LogP contribution in [0.4, 0.5) is 0 Å². The van der Waals surface area contributed by atoms with Crippen molar-refractivity contribution in [1.82, 2.24) is 4.98 Å². The molecule has 4 aromatic rings. The van der Waals surface area contributed by atoms with Crippen molar-refractivity contribution in [1.29, 1.82) is 0 Å². The molecule has 0 aliphatic rings. The molecule has 0 amide bonds. The summed E-state index contributed by atoms with van der Waals surface area (Å²) in [5.41, 5.74) is 2.56. The molecular weight excluding hydrogens is 310 g/mol. The summed E-state index contributed by atoms with van der Waals surface area (Å²) < 4.78 is 6.00. The third kappa shape index (κ3) is 2.97. The summed E-state index contributed by atoms with van der Waals surface area (Å²) >= 11 is 0. The number of aliphatic hydroxyl groups is 1. The molecule has 3 aromatic carbocycles. The first-order chi connectivity index (χ1) is 12.4. The van der Waals surface area contributed by atoms with Gasteiger partial charge in [0.05, 0.1) is 12.3 Å². The molecule has 1 aromatic heterocycles. The highest BCUT2D eigenvalue weighted by atomic mass is 16.5. The van der Waals surface area contributed by atoms with Gasteiger partial charge in [0.25, 0.3) is 0 Å². The zero-order valence-electron chi connectivity index (χ0n) is 13.6. The Bertz CT molecular complexity index is 998. The average molecular weight is 327 g/mol. The van der Waals surface area contributed by atoms with E-state index in [0.29, 0.717) is 17.2 Å². The lowest BCUT2D eigenvalue weighted by molar-refractivity contribution is 0.277. The zero-order chi connectivity index (χ0) is 17.1. The maximum atomic E-state index is 9.94. The standard InChI is InChI=1S/C22H17NO2/c24-15-20-18-13-7-8-14-19(18)21(16-9-3-1-4-10-16)23-22(20)25-17-11-5-2-6-12-17/h1-14,24H,15H2. The van der Waals surface area contributed by atoms with Crippen LogP contribution < -0.4 is 4.74 Å². The molecule has 0 radical (unpaired) electrons. The molecule has 122 valence electrons. The monoisotopic (exact) mass is 327 g/mol. The van der Waals surface area contributed by atoms with Gasteiger partial charge in [0.1, 0.15) is 5.75 Å². The van der Waals surface area contributed by atoms with Crippen LogP contribution in [0.5, 0.6) is 11.6 Å². The fourth-order valence-corrected chi connectivity index (χ4v) is 2.95. The molecular formula is C22H17NO2. The molecule has 0 fully saturated rings. The molecule has 0 aliphatic heterocycles. The molecule has 0 bridgehead atoms. The van der Waals surface area contributed by atoms with Crippen molar-refractivity contribution in [3.8, 4) is 22.9 Å². The quantitative estimate of drug-likeness (QED) is 0.561. The highest BCUT2D eigenvalue weighted by Crippen LogP contribution is 2.35. The highest BCUT2D eigenvalue weighted by molar-refractivity contribution is 5.97. The minimum absolute atomic E-state index is 0.134. The minimum atomic E-state index is -0.134. The Labute approximate surface area is 146 Å². The lowest BCUT2D eigenvalue weighted by Gasteiger charge is -2.15. The Morgan fingerprint density at radius 2 is 1.32 bits per heavy atom. The maximum absolute atomic E-state index is 9.94. The number of benzene rings is 3. The Morgan fingerprint density at radius 1 is 0.720 bits per heavy atom. The Morgan fingerprint density at radius 3 is 2.00 bits per heavy atom. The molecule has 4 rings (SSSR count). The zero-order valence-corrected chi connectivity index (χ0v) is 13.6. The number of para-hydroxylation sites is 1. The van der Waals surface area contributed by atoms with E-state index in [1.807, 2.05) is 84.9 Å². The van der Waals surface area contributed by atoms with Crippen LogP contribution in [0.25, 0.3) is 22.0 Å². The summed E-state index contributed by atoms with van der Waals surface area (Å²) in [5, 5.41) is 11.9. The third-order valence-electron chi connectivity index (χ3n) is 4.14. The molecule has 0 saturated heterocycles. The van der Waals surface area contributed by atoms with Gasteiger partial charge in [-0.2, -0.15) is 0 Å². The first kappa shape index (κ1) is 15.4. The predicted octanol–water partition coefficient (Wildman–Crippen LogP) is 5.19. The van der Waals surface area contributed by atoms with Crippen molar-refractivity contribution >= 4 is 10.8 Å². The molecule has 3 heteroatoms. The van der Waals surface area contributed by atoms with E-state index in [1.165, 1.54) is 0 Å². The fraction of sp³-hybridized carbons (Fsp3) is 0.0455. The molecule has 0 aliphatic carbocycles. The molecule has 0 saturated carbocycles. The normalized spacial score (nSPS) is 10.8. The van der Waals surface area contributed by atoms with E-state index in [2.05, 4.69) is 0 Å². The number of nitrogens with zero attached hydrogens (tertiary/aromatic N) is 1. The smallest absolute Gasteiger partial charge is 0.225 e. The topological polar surface area (TPSA) is 42.4 Å². The van der Waals surface area contributed by atoms with Crippen LogP contribution in [0.1, 0.15) is 5.56 Å². The second-order valence-electron chi connectivity index (χ2n) is 5.73. The summed E-state index contributed by atoms with van der Waals surface area (Å²) in [6.45, 7) is -0.134. The van der Waals surface area contributed by atoms with Crippen LogP contribution >= 0.6 is 0 Å². The van der Waals surface area contributed by atoms with Crippen molar-refractivity contribution in [2.45, 2.75) is 6.61 Å². The number of aliphatic hydroxyl groups excluding tert-OH is 1. The second kappa shape index (κ2) is 6.75. The van der Waals surface area contributed by atoms with Crippen molar-refractivity contribution < 1.29 is 9.84 Å². The average Bonchev–Trinajstić information content (AvgIpc) is 2.69. The molecule has 0 spiro atoms. The van der Waals surface area contributed by atoms with E-state index < -0.39 is 0 Å². The van der Waals surface area contributed by atoms with Crippen LogP contribution in [0.2, 0.25) is 0 Å². The van der Waals surface area contributed by atoms with E-state index >= 15 is 0 Å². The van der Waals surface area contributed by atoms with Gasteiger partial charge < -0.3 is 9.84 Å². The number of ether oxygens (including phenoxy) is 1. The van der Waals surface area contributed by atoms with E-state index in [4.69, 9.17) is 9.72 Å². The number of rotatable bonds is 4. The number of hydrogen-bond acceptors (Lipinski definition) is 3. The lowest BCUT2D eigenvalue weighted by Crippen LogP contribution is -1.99. The first-order valence-corrected chi connectivity index (χ1v) is 8.17. The third-order valence-corrected chi connectivity index (χ3v) is 4.14. The van der Waals surface area contributed by atoms with E-state index in [1.54, 1.807) is 0 Å². The van der Waals surface area contributed by atoms with Crippen LogP contribution in [0.3, 0.4) is 0 Å². The van der Waals surface area contributed by atoms with Crippen LogP contribution in [0, 0.1) is 0 Å². The van der Waals surface area contributed by atoms with Crippen LogP contribution in [-0.4, -0.2) is 10.1 Å². The molecule has 1 heterocycles. The number of hydrogen-bond donors (Lipinski definition) is 1. The van der Waals surface area contributed by atoms with Crippen LogP contribution in [0.15, 0.2) is 84.9 Å². The van der Waals surface area contributed by atoms with Gasteiger partial charge in [0.15, 0.2) is 0 Å².